The molecule has 0 saturated carbocycles. The van der Waals surface area contributed by atoms with Crippen molar-refractivity contribution in [3.05, 3.63) is 35.9 Å². The lowest BCUT2D eigenvalue weighted by atomic mass is 10.1. The molecular formula is C10H14ClNO. The van der Waals surface area contributed by atoms with Crippen molar-refractivity contribution in [1.82, 2.24) is 5.32 Å². The van der Waals surface area contributed by atoms with Crippen LogP contribution in [0.3, 0.4) is 0 Å². The Labute approximate surface area is 84.7 Å². The average molecular weight is 200 g/mol. The van der Waals surface area contributed by atoms with E-state index in [0.29, 0.717) is 6.04 Å². The molecule has 1 N–H and O–H groups in total. The Balaban J connectivity index is 0.000000845. The Morgan fingerprint density at radius 2 is 2.00 bits per heavy atom. The maximum absolute atomic E-state index is 5.37. The molecule has 0 aliphatic carbocycles. The van der Waals surface area contributed by atoms with Crippen LogP contribution in [0.2, 0.25) is 0 Å². The molecule has 2 nitrogen and oxygen atoms in total. The van der Waals surface area contributed by atoms with Gasteiger partial charge in [-0.2, -0.15) is 0 Å². The molecular weight excluding hydrogens is 186 g/mol. The molecule has 1 aromatic rings. The lowest BCUT2D eigenvalue weighted by Gasteiger charge is -2.23. The minimum absolute atomic E-state index is 0. The van der Waals surface area contributed by atoms with Gasteiger partial charge >= 0.3 is 0 Å². The highest BCUT2D eigenvalue weighted by Gasteiger charge is 2.13. The summed E-state index contributed by atoms with van der Waals surface area (Å²) in [5.41, 5.74) is 1.32. The van der Waals surface area contributed by atoms with Gasteiger partial charge in [0.15, 0.2) is 0 Å². The Bertz CT molecular complexity index is 234. The molecule has 1 saturated heterocycles. The fourth-order valence-electron chi connectivity index (χ4n) is 1.46. The van der Waals surface area contributed by atoms with Crippen LogP contribution in [0.5, 0.6) is 0 Å². The van der Waals surface area contributed by atoms with Gasteiger partial charge in [0.2, 0.25) is 0 Å². The highest BCUT2D eigenvalue weighted by Crippen LogP contribution is 2.14. The van der Waals surface area contributed by atoms with E-state index >= 15 is 0 Å². The SMILES string of the molecule is Cl.c1ccc([C@@H]2COCCN2)cc1. The van der Waals surface area contributed by atoms with Crippen molar-refractivity contribution < 1.29 is 4.74 Å². The maximum atomic E-state index is 5.37. The molecule has 0 unspecified atom stereocenters. The molecule has 0 aromatic heterocycles. The number of morpholine rings is 1. The molecule has 72 valence electrons. The first-order valence-corrected chi connectivity index (χ1v) is 4.33. The molecule has 1 fully saturated rings. The van der Waals surface area contributed by atoms with Gasteiger partial charge in [0.25, 0.3) is 0 Å². The molecule has 0 bridgehead atoms. The monoisotopic (exact) mass is 199 g/mol. The summed E-state index contributed by atoms with van der Waals surface area (Å²) in [4.78, 5) is 0. The summed E-state index contributed by atoms with van der Waals surface area (Å²) in [5, 5.41) is 3.41. The zero-order chi connectivity index (χ0) is 8.23. The van der Waals surface area contributed by atoms with Gasteiger partial charge in [0.1, 0.15) is 0 Å². The van der Waals surface area contributed by atoms with Crippen LogP contribution < -0.4 is 5.32 Å². The number of benzene rings is 1. The zero-order valence-electron chi connectivity index (χ0n) is 7.40. The fourth-order valence-corrected chi connectivity index (χ4v) is 1.46. The summed E-state index contributed by atoms with van der Waals surface area (Å²) in [5.74, 6) is 0. The summed E-state index contributed by atoms with van der Waals surface area (Å²) in [6.07, 6.45) is 0. The molecule has 1 aliphatic rings. The van der Waals surface area contributed by atoms with E-state index in [2.05, 4.69) is 29.6 Å². The fraction of sp³-hybridized carbons (Fsp3) is 0.400. The van der Waals surface area contributed by atoms with Crippen LogP contribution in [0.1, 0.15) is 11.6 Å². The Morgan fingerprint density at radius 1 is 1.23 bits per heavy atom. The first-order valence-electron chi connectivity index (χ1n) is 4.33. The first kappa shape index (κ1) is 10.5. The van der Waals surface area contributed by atoms with Crippen molar-refractivity contribution in [2.45, 2.75) is 6.04 Å². The Hall–Kier alpha value is -0.570. The third kappa shape index (κ3) is 2.69. The Kier molecular flexibility index (Phi) is 4.22. The van der Waals surface area contributed by atoms with E-state index in [0.717, 1.165) is 19.8 Å². The van der Waals surface area contributed by atoms with Crippen molar-refractivity contribution >= 4 is 12.4 Å². The van der Waals surface area contributed by atoms with Crippen LogP contribution in [0.25, 0.3) is 0 Å². The minimum Gasteiger partial charge on any atom is -0.378 e. The summed E-state index contributed by atoms with van der Waals surface area (Å²) < 4.78 is 5.37. The highest BCUT2D eigenvalue weighted by molar-refractivity contribution is 5.85. The van der Waals surface area contributed by atoms with Gasteiger partial charge in [-0.15, -0.1) is 12.4 Å². The van der Waals surface area contributed by atoms with Crippen LogP contribution in [-0.2, 0) is 4.74 Å². The van der Waals surface area contributed by atoms with Crippen LogP contribution in [0.4, 0.5) is 0 Å². The van der Waals surface area contributed by atoms with Gasteiger partial charge in [0, 0.05) is 6.54 Å². The molecule has 0 spiro atoms. The van der Waals surface area contributed by atoms with Crippen molar-refractivity contribution in [3.63, 3.8) is 0 Å². The van der Waals surface area contributed by atoms with Gasteiger partial charge in [-0.05, 0) is 5.56 Å². The second-order valence-electron chi connectivity index (χ2n) is 2.99. The summed E-state index contributed by atoms with van der Waals surface area (Å²) in [6.45, 7) is 2.59. The largest absolute Gasteiger partial charge is 0.378 e. The summed E-state index contributed by atoms with van der Waals surface area (Å²) >= 11 is 0. The molecule has 0 radical (unpaired) electrons. The van der Waals surface area contributed by atoms with Gasteiger partial charge in [-0.25, -0.2) is 0 Å². The van der Waals surface area contributed by atoms with Crippen molar-refractivity contribution in [2.24, 2.45) is 0 Å². The predicted molar refractivity (Wildman–Crippen MR) is 55.3 cm³/mol. The lowest BCUT2D eigenvalue weighted by molar-refractivity contribution is 0.0769. The van der Waals surface area contributed by atoms with E-state index in [9.17, 15) is 0 Å². The number of rotatable bonds is 1. The maximum Gasteiger partial charge on any atom is 0.0662 e. The second kappa shape index (κ2) is 5.22. The van der Waals surface area contributed by atoms with E-state index < -0.39 is 0 Å². The number of ether oxygens (including phenoxy) is 1. The lowest BCUT2D eigenvalue weighted by Crippen LogP contribution is -2.34. The van der Waals surface area contributed by atoms with Crippen molar-refractivity contribution in [3.8, 4) is 0 Å². The second-order valence-corrected chi connectivity index (χ2v) is 2.99. The van der Waals surface area contributed by atoms with E-state index in [1.54, 1.807) is 0 Å². The quantitative estimate of drug-likeness (QED) is 0.745. The van der Waals surface area contributed by atoms with Crippen LogP contribution in [0.15, 0.2) is 30.3 Å². The van der Waals surface area contributed by atoms with Gasteiger partial charge in [-0.1, -0.05) is 30.3 Å². The molecule has 1 heterocycles. The predicted octanol–water partition coefficient (Wildman–Crippen LogP) is 1.77. The van der Waals surface area contributed by atoms with E-state index in [1.807, 2.05) is 6.07 Å². The first-order chi connectivity index (χ1) is 5.97. The molecule has 2 rings (SSSR count). The molecule has 1 atom stereocenters. The third-order valence-corrected chi connectivity index (χ3v) is 2.12. The van der Waals surface area contributed by atoms with Crippen molar-refractivity contribution in [1.29, 1.82) is 0 Å². The van der Waals surface area contributed by atoms with Gasteiger partial charge < -0.3 is 10.1 Å². The summed E-state index contributed by atoms with van der Waals surface area (Å²) in [7, 11) is 0. The third-order valence-electron chi connectivity index (χ3n) is 2.12. The number of nitrogens with one attached hydrogen (secondary N) is 1. The zero-order valence-corrected chi connectivity index (χ0v) is 8.22. The summed E-state index contributed by atoms with van der Waals surface area (Å²) in [6, 6.07) is 10.8. The topological polar surface area (TPSA) is 21.3 Å². The van der Waals surface area contributed by atoms with Gasteiger partial charge in [-0.3, -0.25) is 0 Å². The molecule has 1 aliphatic heterocycles. The number of hydrogen-bond acceptors (Lipinski definition) is 2. The minimum atomic E-state index is 0. The number of halogens is 1. The van der Waals surface area contributed by atoms with Crippen LogP contribution >= 0.6 is 12.4 Å². The smallest absolute Gasteiger partial charge is 0.0662 e. The Morgan fingerprint density at radius 3 is 2.62 bits per heavy atom. The van der Waals surface area contributed by atoms with Crippen LogP contribution in [0, 0.1) is 0 Å². The van der Waals surface area contributed by atoms with E-state index in [4.69, 9.17) is 4.74 Å². The van der Waals surface area contributed by atoms with E-state index in [-0.39, 0.29) is 12.4 Å². The highest BCUT2D eigenvalue weighted by atomic mass is 35.5. The molecule has 13 heavy (non-hydrogen) atoms. The molecule has 3 heteroatoms. The van der Waals surface area contributed by atoms with E-state index in [1.165, 1.54) is 5.56 Å². The normalized spacial score (nSPS) is 22.0. The van der Waals surface area contributed by atoms with Crippen LogP contribution in [-0.4, -0.2) is 19.8 Å². The van der Waals surface area contributed by atoms with Crippen molar-refractivity contribution in [2.75, 3.05) is 19.8 Å². The molecule has 0 amide bonds. The average Bonchev–Trinajstić information content (AvgIpc) is 2.21. The standard InChI is InChI=1S/C10H13NO.ClH/c1-2-4-9(5-3-1)10-8-12-7-6-11-10;/h1-5,10-11H,6-8H2;1H/t10-;/m0./s1. The number of hydrogen-bond donors (Lipinski definition) is 1. The van der Waals surface area contributed by atoms with Gasteiger partial charge in [0.05, 0.1) is 19.3 Å². The molecule has 1 aromatic carbocycles.